The first-order chi connectivity index (χ1) is 11.0. The van der Waals surface area contributed by atoms with Crippen LogP contribution in [0.4, 0.5) is 13.2 Å². The number of aryl methyl sites for hydroxylation is 1. The van der Waals surface area contributed by atoms with E-state index in [2.05, 4.69) is 108 Å². The van der Waals surface area contributed by atoms with E-state index in [1.165, 1.54) is 15.9 Å². The van der Waals surface area contributed by atoms with Gasteiger partial charge in [0.1, 0.15) is 0 Å². The number of benzene rings is 1. The van der Waals surface area contributed by atoms with E-state index < -0.39 is 11.7 Å². The summed E-state index contributed by atoms with van der Waals surface area (Å²) in [5.41, 5.74) is 0.261. The molecule has 0 radical (unpaired) electrons. The van der Waals surface area contributed by atoms with E-state index in [0.29, 0.717) is 12.6 Å². The molecular formula is C15H18F3I2N3Pt. The molecule has 138 valence electrons. The SMILES string of the molecule is CC(C)n1ccn(C)[c]1=[Pt].FC(F)(F)c1ccc(CN(I)I)cc1. The Morgan fingerprint density at radius 1 is 1.12 bits per heavy atom. The van der Waals surface area contributed by atoms with E-state index in [-0.39, 0.29) is 0 Å². The van der Waals surface area contributed by atoms with Gasteiger partial charge in [0.15, 0.2) is 0 Å². The van der Waals surface area contributed by atoms with Crippen molar-refractivity contribution in [3.63, 3.8) is 0 Å². The topological polar surface area (TPSA) is 13.1 Å². The fourth-order valence-corrected chi connectivity index (χ4v) is 3.49. The Hall–Kier alpha value is 0.328. The van der Waals surface area contributed by atoms with E-state index >= 15 is 0 Å². The van der Waals surface area contributed by atoms with Gasteiger partial charge in [0.05, 0.1) is 5.56 Å². The number of nitrogens with zero attached hydrogens (tertiary/aromatic N) is 3. The van der Waals surface area contributed by atoms with Crippen molar-refractivity contribution in [3.05, 3.63) is 51.6 Å². The molecule has 2 rings (SSSR count). The van der Waals surface area contributed by atoms with Crippen molar-refractivity contribution < 1.29 is 32.5 Å². The van der Waals surface area contributed by atoms with E-state index in [0.717, 1.165) is 17.7 Å². The predicted molar refractivity (Wildman–Crippen MR) is 102 cm³/mol. The maximum atomic E-state index is 12.2. The van der Waals surface area contributed by atoms with Crippen LogP contribution in [0.3, 0.4) is 0 Å². The summed E-state index contributed by atoms with van der Waals surface area (Å²) in [4.78, 5) is 0. The molecule has 0 atom stereocenters. The Kier molecular flexibility index (Phi) is 9.20. The third kappa shape index (κ3) is 7.29. The van der Waals surface area contributed by atoms with Gasteiger partial charge < -0.3 is 0 Å². The van der Waals surface area contributed by atoms with Gasteiger partial charge in [-0.2, -0.15) is 14.5 Å². The average molecular weight is 746 g/mol. The van der Waals surface area contributed by atoms with Crippen molar-refractivity contribution in [1.82, 2.24) is 10.5 Å². The largest absolute Gasteiger partial charge is 0.416 e. The minimum atomic E-state index is -4.24. The maximum absolute atomic E-state index is 12.2. The Morgan fingerprint density at radius 2 is 1.67 bits per heavy atom. The summed E-state index contributed by atoms with van der Waals surface area (Å²) in [7, 11) is 2.06. The van der Waals surface area contributed by atoms with Crippen molar-refractivity contribution in [3.8, 4) is 0 Å². The maximum Gasteiger partial charge on any atom is 0.416 e. The van der Waals surface area contributed by atoms with Crippen LogP contribution in [0, 0.1) is 3.80 Å². The second-order valence-corrected chi connectivity index (χ2v) is 10.5. The van der Waals surface area contributed by atoms with Gasteiger partial charge >= 0.3 is 77.8 Å². The van der Waals surface area contributed by atoms with Crippen LogP contribution in [-0.2, 0) is 39.1 Å². The summed E-state index contributed by atoms with van der Waals surface area (Å²) in [6, 6.07) is 5.76. The van der Waals surface area contributed by atoms with Gasteiger partial charge in [-0.25, -0.2) is 0 Å². The molecule has 1 aromatic heterocycles. The number of aromatic nitrogens is 2. The molecule has 3 nitrogen and oxygen atoms in total. The van der Waals surface area contributed by atoms with E-state index in [9.17, 15) is 13.2 Å². The van der Waals surface area contributed by atoms with Crippen molar-refractivity contribution in [2.75, 3.05) is 0 Å². The summed E-state index contributed by atoms with van der Waals surface area (Å²) in [6.45, 7) is 4.99. The molecule has 0 aliphatic carbocycles. The Bertz CT molecular complexity index is 691. The number of halogens is 5. The number of hydrogen-bond acceptors (Lipinski definition) is 1. The molecule has 0 fully saturated rings. The molecule has 0 N–H and O–H groups in total. The monoisotopic (exact) mass is 746 g/mol. The molecule has 9 heteroatoms. The van der Waals surface area contributed by atoms with Crippen LogP contribution >= 0.6 is 45.7 Å². The summed E-state index contributed by atoms with van der Waals surface area (Å²) in [5.74, 6) is 0. The summed E-state index contributed by atoms with van der Waals surface area (Å²) < 4.78 is 44.0. The third-order valence-electron chi connectivity index (χ3n) is 3.06. The quantitative estimate of drug-likeness (QED) is 0.291. The van der Waals surface area contributed by atoms with Crippen LogP contribution in [0.5, 0.6) is 0 Å². The molecule has 2 aromatic rings. The van der Waals surface area contributed by atoms with Crippen LogP contribution in [0.2, 0.25) is 0 Å². The smallest absolute Gasteiger partial charge is 0.184 e. The Morgan fingerprint density at radius 3 is 1.96 bits per heavy atom. The van der Waals surface area contributed by atoms with Crippen molar-refractivity contribution in [2.45, 2.75) is 32.6 Å². The van der Waals surface area contributed by atoms with Crippen molar-refractivity contribution in [1.29, 1.82) is 0 Å². The van der Waals surface area contributed by atoms with Crippen LogP contribution in [0.15, 0.2) is 36.7 Å². The number of imidazole rings is 1. The zero-order valence-corrected chi connectivity index (χ0v) is 19.9. The second-order valence-electron chi connectivity index (χ2n) is 5.31. The molecular weight excluding hydrogens is 728 g/mol. The first kappa shape index (κ1) is 22.4. The fraction of sp³-hybridized carbons (Fsp3) is 0.400. The van der Waals surface area contributed by atoms with Gasteiger partial charge in [-0.1, -0.05) is 12.1 Å². The molecule has 1 heterocycles. The molecule has 0 spiro atoms. The zero-order chi connectivity index (χ0) is 18.5. The first-order valence-corrected chi connectivity index (χ1v) is 10.0. The number of rotatable bonds is 3. The van der Waals surface area contributed by atoms with E-state index in [4.69, 9.17) is 0 Å². The normalized spacial score (nSPS) is 11.7. The first-order valence-electron chi connectivity index (χ1n) is 6.96. The second kappa shape index (κ2) is 9.87. The van der Waals surface area contributed by atoms with E-state index in [1.54, 1.807) is 0 Å². The number of alkyl halides is 3. The minimum Gasteiger partial charge on any atom is -0.184 e. The fourth-order valence-electron chi connectivity index (χ4n) is 1.77. The van der Waals surface area contributed by atoms with Crippen molar-refractivity contribution in [2.24, 2.45) is 7.05 Å². The Labute approximate surface area is 178 Å². The molecule has 0 amide bonds. The van der Waals surface area contributed by atoms with Crippen LogP contribution < -0.4 is 0 Å². The molecule has 0 aliphatic rings. The van der Waals surface area contributed by atoms with Gasteiger partial charge in [0.25, 0.3) is 0 Å². The molecule has 24 heavy (non-hydrogen) atoms. The third-order valence-corrected chi connectivity index (χ3v) is 5.13. The molecule has 0 unspecified atom stereocenters. The molecule has 0 saturated heterocycles. The standard InChI is InChI=1S/C8H6F3I2N.C7H12N2.Pt/c9-8(10,11)7-3-1-6(2-4-7)5-14(12)13;1-7(2)9-5-4-8(3)6-9;/h1-4H,5H2;4-5,7H,1-3H3;. The Balaban J connectivity index is 0.000000254. The average Bonchev–Trinajstić information content (AvgIpc) is 2.79. The van der Waals surface area contributed by atoms with Gasteiger partial charge in [-0.15, -0.1) is 0 Å². The summed E-state index contributed by atoms with van der Waals surface area (Å²) in [5, 5.41) is 0. The van der Waals surface area contributed by atoms with E-state index in [1.807, 2.05) is 1.33 Å². The molecule has 0 aliphatic heterocycles. The minimum absolute atomic E-state index is 0.564. The summed E-state index contributed by atoms with van der Waals surface area (Å²) in [6.07, 6.45) is -0.0673. The van der Waals surface area contributed by atoms with Gasteiger partial charge in [0.2, 0.25) is 0 Å². The summed E-state index contributed by atoms with van der Waals surface area (Å²) >= 11 is 6.46. The van der Waals surface area contributed by atoms with Gasteiger partial charge in [0, 0.05) is 52.3 Å². The molecule has 0 bridgehead atoms. The zero-order valence-electron chi connectivity index (χ0n) is 13.3. The number of hydrogen-bond donors (Lipinski definition) is 0. The van der Waals surface area contributed by atoms with Crippen LogP contribution in [-0.4, -0.2) is 10.5 Å². The molecule has 0 saturated carbocycles. The van der Waals surface area contributed by atoms with Crippen molar-refractivity contribution >= 4 is 45.7 Å². The van der Waals surface area contributed by atoms with Gasteiger partial charge in [-0.05, 0) is 17.7 Å². The van der Waals surface area contributed by atoms with Crippen LogP contribution in [0.1, 0.15) is 31.0 Å². The van der Waals surface area contributed by atoms with Gasteiger partial charge in [-0.3, -0.25) is 0 Å². The van der Waals surface area contributed by atoms with Crippen LogP contribution in [0.25, 0.3) is 0 Å². The molecule has 1 aromatic carbocycles. The predicted octanol–water partition coefficient (Wildman–Crippen LogP) is 5.69.